The molecule has 0 radical (unpaired) electrons. The van der Waals surface area contributed by atoms with E-state index in [0.29, 0.717) is 16.5 Å². The lowest BCUT2D eigenvalue weighted by molar-refractivity contribution is -0.125. The Kier molecular flexibility index (Phi) is 3.72. The molecule has 0 bridgehead atoms. The van der Waals surface area contributed by atoms with Crippen LogP contribution in [0.2, 0.25) is 0 Å². The van der Waals surface area contributed by atoms with Crippen LogP contribution in [0.4, 0.5) is 17.3 Å². The van der Waals surface area contributed by atoms with E-state index in [9.17, 15) is 9.59 Å². The fourth-order valence-electron chi connectivity index (χ4n) is 2.41. The average molecular weight is 332 g/mol. The van der Waals surface area contributed by atoms with E-state index in [0.717, 1.165) is 11.8 Å². The molecule has 0 fully saturated rings. The van der Waals surface area contributed by atoms with Crippen molar-refractivity contribution in [1.29, 1.82) is 0 Å². The van der Waals surface area contributed by atoms with Crippen molar-refractivity contribution in [3.8, 4) is 0 Å². The Morgan fingerprint density at radius 2 is 2.13 bits per heavy atom. The molecule has 1 aliphatic heterocycles. The van der Waals surface area contributed by atoms with E-state index in [1.807, 2.05) is 18.2 Å². The maximum atomic E-state index is 12.7. The van der Waals surface area contributed by atoms with Gasteiger partial charge in [-0.2, -0.15) is 4.98 Å². The van der Waals surface area contributed by atoms with E-state index >= 15 is 0 Å². The first-order valence-corrected chi connectivity index (χ1v) is 7.92. The third kappa shape index (κ3) is 2.74. The minimum Gasteiger partial charge on any atom is -0.368 e. The third-order valence-corrected chi connectivity index (χ3v) is 4.40. The summed E-state index contributed by atoms with van der Waals surface area (Å²) in [6.07, 6.45) is 0. The Hall–Kier alpha value is -2.55. The number of hydrogen-bond acceptors (Lipinski definition) is 6. The maximum Gasteiger partial charge on any atom is 0.250 e. The van der Waals surface area contributed by atoms with Gasteiger partial charge in [0.1, 0.15) is 5.54 Å². The first kappa shape index (κ1) is 15.3. The molecule has 9 heteroatoms. The number of anilines is 3. The van der Waals surface area contributed by atoms with Crippen LogP contribution in [0, 0.1) is 0 Å². The summed E-state index contributed by atoms with van der Waals surface area (Å²) in [5.74, 6) is -0.132. The normalized spacial score (nSPS) is 15.9. The molecule has 8 nitrogen and oxygen atoms in total. The van der Waals surface area contributed by atoms with Crippen molar-refractivity contribution in [3.63, 3.8) is 0 Å². The largest absolute Gasteiger partial charge is 0.368 e. The summed E-state index contributed by atoms with van der Waals surface area (Å²) in [5.41, 5.74) is 5.78. The van der Waals surface area contributed by atoms with Crippen LogP contribution < -0.4 is 16.0 Å². The predicted octanol–water partition coefficient (Wildman–Crippen LogP) is 1.24. The van der Waals surface area contributed by atoms with Crippen molar-refractivity contribution < 1.29 is 9.59 Å². The first-order chi connectivity index (χ1) is 10.9. The summed E-state index contributed by atoms with van der Waals surface area (Å²) >= 11 is 1.16. The summed E-state index contributed by atoms with van der Waals surface area (Å²) in [5, 5.41) is 9.62. The number of thioether (sulfide) groups is 1. The van der Waals surface area contributed by atoms with Gasteiger partial charge < -0.3 is 11.1 Å². The molecule has 3 rings (SSSR count). The second kappa shape index (κ2) is 5.58. The summed E-state index contributed by atoms with van der Waals surface area (Å²) in [4.78, 5) is 30.5. The van der Waals surface area contributed by atoms with Gasteiger partial charge in [-0.25, -0.2) is 5.10 Å². The molecule has 120 valence electrons. The van der Waals surface area contributed by atoms with Crippen LogP contribution in [0.3, 0.4) is 0 Å². The molecule has 2 aromatic rings. The monoisotopic (exact) mass is 332 g/mol. The number of nitrogens with zero attached hydrogens (tertiary/aromatic N) is 3. The van der Waals surface area contributed by atoms with Gasteiger partial charge in [-0.1, -0.05) is 23.9 Å². The zero-order chi connectivity index (χ0) is 16.6. The van der Waals surface area contributed by atoms with Crippen LogP contribution in [0.5, 0.6) is 0 Å². The van der Waals surface area contributed by atoms with Gasteiger partial charge >= 0.3 is 0 Å². The number of nitrogens with one attached hydrogen (secondary N) is 2. The van der Waals surface area contributed by atoms with Crippen molar-refractivity contribution in [2.45, 2.75) is 24.5 Å². The number of benzene rings is 1. The van der Waals surface area contributed by atoms with Crippen molar-refractivity contribution >= 4 is 40.9 Å². The molecule has 1 aliphatic rings. The Balaban J connectivity index is 1.86. The number of carbonyl (C=O) groups excluding carboxylic acids is 2. The van der Waals surface area contributed by atoms with Crippen LogP contribution in [-0.4, -0.2) is 38.3 Å². The fourth-order valence-corrected chi connectivity index (χ4v) is 3.07. The number of aromatic amines is 1. The van der Waals surface area contributed by atoms with Crippen LogP contribution in [0.1, 0.15) is 13.8 Å². The Bertz CT molecular complexity index is 772. The molecular weight excluding hydrogens is 316 g/mol. The highest BCUT2D eigenvalue weighted by molar-refractivity contribution is 7.99. The summed E-state index contributed by atoms with van der Waals surface area (Å²) in [6, 6.07) is 7.22. The average Bonchev–Trinajstić information content (AvgIpc) is 2.91. The lowest BCUT2D eigenvalue weighted by Gasteiger charge is -2.42. The fraction of sp³-hybridized carbons (Fsp3) is 0.286. The highest BCUT2D eigenvalue weighted by Crippen LogP contribution is 2.37. The van der Waals surface area contributed by atoms with E-state index in [1.165, 1.54) is 4.90 Å². The molecule has 2 amide bonds. The number of carbonyl (C=O) groups is 2. The molecule has 23 heavy (non-hydrogen) atoms. The Labute approximate surface area is 136 Å². The SMILES string of the molecule is CC1(C)C(=O)Nc2ccccc2N1C(=O)CSc1n[nH]c(N)n1. The van der Waals surface area contributed by atoms with Crippen LogP contribution in [-0.2, 0) is 9.59 Å². The predicted molar refractivity (Wildman–Crippen MR) is 88.2 cm³/mol. The van der Waals surface area contributed by atoms with Crippen molar-refractivity contribution in [3.05, 3.63) is 24.3 Å². The Morgan fingerprint density at radius 3 is 2.83 bits per heavy atom. The number of fused-ring (bicyclic) bond motifs is 1. The number of nitrogen functional groups attached to an aromatic ring is 1. The smallest absolute Gasteiger partial charge is 0.250 e. The zero-order valence-corrected chi connectivity index (χ0v) is 13.5. The molecule has 2 heterocycles. The molecule has 4 N–H and O–H groups in total. The number of hydrogen-bond donors (Lipinski definition) is 3. The molecule has 0 spiro atoms. The summed E-state index contributed by atoms with van der Waals surface area (Å²) in [6.45, 7) is 3.43. The molecule has 0 aliphatic carbocycles. The number of amides is 2. The minimum absolute atomic E-state index is 0.0995. The molecule has 0 saturated carbocycles. The number of para-hydroxylation sites is 2. The Morgan fingerprint density at radius 1 is 1.39 bits per heavy atom. The maximum absolute atomic E-state index is 12.7. The van der Waals surface area contributed by atoms with E-state index in [1.54, 1.807) is 19.9 Å². The first-order valence-electron chi connectivity index (χ1n) is 6.94. The lowest BCUT2D eigenvalue weighted by atomic mass is 9.96. The molecule has 1 aromatic carbocycles. The molecule has 0 saturated heterocycles. The topological polar surface area (TPSA) is 117 Å². The lowest BCUT2D eigenvalue weighted by Crippen LogP contribution is -2.58. The van der Waals surface area contributed by atoms with Gasteiger partial charge in [0.05, 0.1) is 17.1 Å². The standard InChI is InChI=1S/C14H16N6O2S/c1-14(2)11(22)16-8-5-3-4-6-9(8)20(14)10(21)7-23-13-17-12(15)18-19-13/h3-6H,7H2,1-2H3,(H,16,22)(H3,15,17,18,19). The van der Waals surface area contributed by atoms with Crippen molar-refractivity contribution in [1.82, 2.24) is 15.2 Å². The number of nitrogens with two attached hydrogens (primary N) is 1. The molecular formula is C14H16N6O2S. The van der Waals surface area contributed by atoms with Gasteiger partial charge in [0.2, 0.25) is 22.9 Å². The molecule has 0 atom stereocenters. The van der Waals surface area contributed by atoms with Gasteiger partial charge in [-0.15, -0.1) is 5.10 Å². The summed E-state index contributed by atoms with van der Waals surface area (Å²) in [7, 11) is 0. The second-order valence-corrected chi connectivity index (χ2v) is 6.49. The van der Waals surface area contributed by atoms with Crippen LogP contribution >= 0.6 is 11.8 Å². The zero-order valence-electron chi connectivity index (χ0n) is 12.7. The van der Waals surface area contributed by atoms with Crippen molar-refractivity contribution in [2.24, 2.45) is 0 Å². The number of H-pyrrole nitrogens is 1. The van der Waals surface area contributed by atoms with Gasteiger partial charge in [0.25, 0.3) is 0 Å². The van der Waals surface area contributed by atoms with E-state index in [4.69, 9.17) is 5.73 Å². The number of rotatable bonds is 3. The highest BCUT2D eigenvalue weighted by Gasteiger charge is 2.43. The second-order valence-electron chi connectivity index (χ2n) is 5.55. The van der Waals surface area contributed by atoms with Crippen molar-refractivity contribution in [2.75, 3.05) is 21.7 Å². The van der Waals surface area contributed by atoms with Crippen LogP contribution in [0.15, 0.2) is 29.4 Å². The quantitative estimate of drug-likeness (QED) is 0.728. The van der Waals surface area contributed by atoms with Gasteiger partial charge in [0, 0.05) is 0 Å². The van der Waals surface area contributed by atoms with Gasteiger partial charge in [0.15, 0.2) is 0 Å². The highest BCUT2D eigenvalue weighted by atomic mass is 32.2. The number of aromatic nitrogens is 3. The van der Waals surface area contributed by atoms with Crippen LogP contribution in [0.25, 0.3) is 0 Å². The molecule has 0 unspecified atom stereocenters. The minimum atomic E-state index is -0.982. The van der Waals surface area contributed by atoms with E-state index < -0.39 is 5.54 Å². The van der Waals surface area contributed by atoms with Gasteiger partial charge in [-0.05, 0) is 26.0 Å². The third-order valence-electron chi connectivity index (χ3n) is 3.56. The summed E-state index contributed by atoms with van der Waals surface area (Å²) < 4.78 is 0. The van der Waals surface area contributed by atoms with E-state index in [-0.39, 0.29) is 23.5 Å². The molecule has 1 aromatic heterocycles. The van der Waals surface area contributed by atoms with E-state index in [2.05, 4.69) is 20.5 Å². The van der Waals surface area contributed by atoms with Gasteiger partial charge in [-0.3, -0.25) is 14.5 Å².